The highest BCUT2D eigenvalue weighted by molar-refractivity contribution is 9.10. The number of aromatic hydroxyl groups is 1. The lowest BCUT2D eigenvalue weighted by Crippen LogP contribution is -2.28. The minimum Gasteiger partial charge on any atom is -0.508 e. The Labute approximate surface area is 98.8 Å². The van der Waals surface area contributed by atoms with Gasteiger partial charge in [-0.2, -0.15) is 0 Å². The molecule has 0 bridgehead atoms. The van der Waals surface area contributed by atoms with Crippen LogP contribution in [0.25, 0.3) is 0 Å². The number of hydrogen-bond donors (Lipinski definition) is 2. The van der Waals surface area contributed by atoms with E-state index in [2.05, 4.69) is 21.2 Å². The van der Waals surface area contributed by atoms with Crippen LogP contribution in [0.3, 0.4) is 0 Å². The average molecular weight is 270 g/mol. The van der Waals surface area contributed by atoms with E-state index in [1.165, 1.54) is 12.8 Å². The smallest absolute Gasteiger partial charge is 0.119 e. The van der Waals surface area contributed by atoms with Gasteiger partial charge in [-0.05, 0) is 56.0 Å². The van der Waals surface area contributed by atoms with Gasteiger partial charge in [0, 0.05) is 4.47 Å². The molecule has 2 rings (SSSR count). The maximum atomic E-state index is 9.78. The van der Waals surface area contributed by atoms with Gasteiger partial charge in [0.25, 0.3) is 0 Å². The minimum atomic E-state index is 0.419. The molecule has 0 amide bonds. The summed E-state index contributed by atoms with van der Waals surface area (Å²) in [7, 11) is 0. The summed E-state index contributed by atoms with van der Waals surface area (Å²) in [6, 6.07) is 5.79. The van der Waals surface area contributed by atoms with Gasteiger partial charge in [-0.25, -0.2) is 0 Å². The summed E-state index contributed by atoms with van der Waals surface area (Å²) in [6.45, 7) is 2.23. The molecule has 0 spiro atoms. The van der Waals surface area contributed by atoms with Crippen LogP contribution in [0.4, 0.5) is 0 Å². The summed E-state index contributed by atoms with van der Waals surface area (Å²) in [4.78, 5) is 0. The maximum absolute atomic E-state index is 9.78. The highest BCUT2D eigenvalue weighted by Gasteiger charge is 2.15. The van der Waals surface area contributed by atoms with E-state index in [0.29, 0.717) is 5.75 Å². The molecule has 82 valence electrons. The zero-order valence-electron chi connectivity index (χ0n) is 8.67. The third kappa shape index (κ3) is 2.95. The number of halogens is 1. The predicted molar refractivity (Wildman–Crippen MR) is 65.1 cm³/mol. The van der Waals surface area contributed by atoms with E-state index in [1.807, 2.05) is 12.1 Å². The molecule has 0 saturated carbocycles. The molecule has 2 nitrogen and oxygen atoms in total. The zero-order chi connectivity index (χ0) is 10.7. The molecule has 2 N–H and O–H groups in total. The first-order valence-corrected chi connectivity index (χ1v) is 6.23. The monoisotopic (exact) mass is 269 g/mol. The topological polar surface area (TPSA) is 32.3 Å². The second-order valence-electron chi connectivity index (χ2n) is 4.17. The predicted octanol–water partition coefficient (Wildman–Crippen LogP) is 2.70. The van der Waals surface area contributed by atoms with Crippen molar-refractivity contribution in [3.05, 3.63) is 28.2 Å². The van der Waals surface area contributed by atoms with E-state index in [-0.39, 0.29) is 0 Å². The van der Waals surface area contributed by atoms with Crippen molar-refractivity contribution in [3.8, 4) is 5.75 Å². The largest absolute Gasteiger partial charge is 0.508 e. The molecule has 0 radical (unpaired) electrons. The Morgan fingerprint density at radius 3 is 2.73 bits per heavy atom. The molecule has 1 aliphatic heterocycles. The molecular weight excluding hydrogens is 254 g/mol. The molecule has 0 atom stereocenters. The fourth-order valence-corrected chi connectivity index (χ4v) is 2.46. The van der Waals surface area contributed by atoms with Crippen LogP contribution in [0.15, 0.2) is 22.7 Å². The molecular formula is C12H16BrNO. The Balaban J connectivity index is 2.03. The lowest BCUT2D eigenvalue weighted by Gasteiger charge is -2.22. The van der Waals surface area contributed by atoms with E-state index in [1.54, 1.807) is 6.07 Å². The Bertz CT molecular complexity index is 334. The summed E-state index contributed by atoms with van der Waals surface area (Å²) >= 11 is 3.35. The lowest BCUT2D eigenvalue weighted by molar-refractivity contribution is 0.366. The van der Waals surface area contributed by atoms with Crippen molar-refractivity contribution in [2.75, 3.05) is 13.1 Å². The van der Waals surface area contributed by atoms with E-state index >= 15 is 0 Å². The molecule has 1 aromatic carbocycles. The molecule has 1 heterocycles. The summed E-state index contributed by atoms with van der Waals surface area (Å²) in [5.41, 5.74) is 1.07. The lowest BCUT2D eigenvalue weighted by atomic mass is 9.91. The number of phenolic OH excluding ortho intramolecular Hbond substituents is 1. The Hall–Kier alpha value is -0.540. The number of hydrogen-bond acceptors (Lipinski definition) is 2. The average Bonchev–Trinajstić information content (AvgIpc) is 2.24. The first-order chi connectivity index (χ1) is 7.25. The fraction of sp³-hybridized carbons (Fsp3) is 0.500. The highest BCUT2D eigenvalue weighted by atomic mass is 79.9. The van der Waals surface area contributed by atoms with Crippen LogP contribution < -0.4 is 5.32 Å². The van der Waals surface area contributed by atoms with Crippen LogP contribution in [0, 0.1) is 5.92 Å². The standard InChI is InChI=1S/C12H16BrNO/c13-11-2-1-10(12(15)8-11)7-9-3-5-14-6-4-9/h1-2,8-9,14-15H,3-7H2. The summed E-state index contributed by atoms with van der Waals surface area (Å²) in [6.07, 6.45) is 3.44. The molecule has 0 aliphatic carbocycles. The van der Waals surface area contributed by atoms with Crippen LogP contribution in [-0.2, 0) is 6.42 Å². The number of phenols is 1. The molecule has 1 fully saturated rings. The zero-order valence-corrected chi connectivity index (χ0v) is 10.3. The van der Waals surface area contributed by atoms with Crippen molar-refractivity contribution in [2.45, 2.75) is 19.3 Å². The molecule has 1 saturated heterocycles. The van der Waals surface area contributed by atoms with Crippen LogP contribution >= 0.6 is 15.9 Å². The summed E-state index contributed by atoms with van der Waals surface area (Å²) in [5.74, 6) is 1.14. The normalized spacial score (nSPS) is 17.9. The molecule has 1 aliphatic rings. The van der Waals surface area contributed by atoms with Gasteiger partial charge in [0.2, 0.25) is 0 Å². The fourth-order valence-electron chi connectivity index (χ4n) is 2.11. The van der Waals surface area contributed by atoms with Crippen LogP contribution in [0.1, 0.15) is 18.4 Å². The summed E-state index contributed by atoms with van der Waals surface area (Å²) in [5, 5.41) is 13.1. The third-order valence-corrected chi connectivity index (χ3v) is 3.51. The van der Waals surface area contributed by atoms with E-state index in [4.69, 9.17) is 0 Å². The second-order valence-corrected chi connectivity index (χ2v) is 5.09. The molecule has 15 heavy (non-hydrogen) atoms. The highest BCUT2D eigenvalue weighted by Crippen LogP contribution is 2.27. The summed E-state index contributed by atoms with van der Waals surface area (Å²) < 4.78 is 0.939. The minimum absolute atomic E-state index is 0.419. The van der Waals surface area contributed by atoms with Crippen LogP contribution in [0.5, 0.6) is 5.75 Å². The second kappa shape index (κ2) is 4.99. The van der Waals surface area contributed by atoms with E-state index < -0.39 is 0 Å². The molecule has 0 unspecified atom stereocenters. The molecule has 1 aromatic rings. The van der Waals surface area contributed by atoms with Crippen molar-refractivity contribution in [3.63, 3.8) is 0 Å². The first-order valence-electron chi connectivity index (χ1n) is 5.44. The van der Waals surface area contributed by atoms with Gasteiger partial charge in [0.1, 0.15) is 5.75 Å². The number of benzene rings is 1. The number of rotatable bonds is 2. The van der Waals surface area contributed by atoms with Gasteiger partial charge in [-0.1, -0.05) is 22.0 Å². The van der Waals surface area contributed by atoms with Crippen molar-refractivity contribution in [2.24, 2.45) is 5.92 Å². The van der Waals surface area contributed by atoms with Gasteiger partial charge in [-0.15, -0.1) is 0 Å². The first kappa shape index (κ1) is 11.0. The Morgan fingerprint density at radius 1 is 1.33 bits per heavy atom. The van der Waals surface area contributed by atoms with Crippen molar-refractivity contribution < 1.29 is 5.11 Å². The van der Waals surface area contributed by atoms with Gasteiger partial charge in [-0.3, -0.25) is 0 Å². The maximum Gasteiger partial charge on any atom is 0.119 e. The van der Waals surface area contributed by atoms with Crippen molar-refractivity contribution >= 4 is 15.9 Å². The molecule has 3 heteroatoms. The Morgan fingerprint density at radius 2 is 2.07 bits per heavy atom. The van der Waals surface area contributed by atoms with Crippen molar-refractivity contribution in [1.82, 2.24) is 5.32 Å². The molecule has 0 aromatic heterocycles. The third-order valence-electron chi connectivity index (χ3n) is 3.01. The van der Waals surface area contributed by atoms with Gasteiger partial charge >= 0.3 is 0 Å². The number of nitrogens with one attached hydrogen (secondary N) is 1. The quantitative estimate of drug-likeness (QED) is 0.866. The SMILES string of the molecule is Oc1cc(Br)ccc1CC1CCNCC1. The van der Waals surface area contributed by atoms with Gasteiger partial charge < -0.3 is 10.4 Å². The van der Waals surface area contributed by atoms with Crippen molar-refractivity contribution in [1.29, 1.82) is 0 Å². The van der Waals surface area contributed by atoms with Gasteiger partial charge in [0.05, 0.1) is 0 Å². The van der Waals surface area contributed by atoms with E-state index in [9.17, 15) is 5.11 Å². The van der Waals surface area contributed by atoms with Crippen LogP contribution in [-0.4, -0.2) is 18.2 Å². The number of piperidine rings is 1. The Kier molecular flexibility index (Phi) is 3.65. The van der Waals surface area contributed by atoms with Gasteiger partial charge in [0.15, 0.2) is 0 Å². The van der Waals surface area contributed by atoms with Crippen LogP contribution in [0.2, 0.25) is 0 Å². The van der Waals surface area contributed by atoms with E-state index in [0.717, 1.165) is 35.5 Å².